The van der Waals surface area contributed by atoms with Gasteiger partial charge in [0.25, 0.3) is 0 Å². The Morgan fingerprint density at radius 1 is 0.810 bits per heavy atom. The molecule has 232 valence electrons. The molecule has 1 aromatic carbocycles. The lowest BCUT2D eigenvalue weighted by molar-refractivity contribution is -0.382. The van der Waals surface area contributed by atoms with Crippen molar-refractivity contribution in [1.82, 2.24) is 0 Å². The minimum atomic E-state index is -1.13. The van der Waals surface area contributed by atoms with Gasteiger partial charge in [-0.1, -0.05) is 30.3 Å². The maximum Gasteiger partial charge on any atom is 0.303 e. The summed E-state index contributed by atoms with van der Waals surface area (Å²) in [5, 5.41) is 0. The van der Waals surface area contributed by atoms with Crippen LogP contribution in [0.5, 0.6) is 0 Å². The Morgan fingerprint density at radius 3 is 2.10 bits per heavy atom. The van der Waals surface area contributed by atoms with E-state index in [0.717, 1.165) is 5.56 Å². The summed E-state index contributed by atoms with van der Waals surface area (Å²) >= 11 is 0. The van der Waals surface area contributed by atoms with Gasteiger partial charge in [0.15, 0.2) is 37.2 Å². The van der Waals surface area contributed by atoms with E-state index < -0.39 is 85.5 Å². The molecule has 3 fully saturated rings. The number of benzene rings is 1. The predicted octanol–water partition coefficient (Wildman–Crippen LogP) is 1.33. The summed E-state index contributed by atoms with van der Waals surface area (Å²) in [7, 11) is 1.40. The second-order valence-electron chi connectivity index (χ2n) is 9.99. The molecule has 3 aliphatic heterocycles. The molecule has 0 N–H and O–H groups in total. The van der Waals surface area contributed by atoms with Crippen LogP contribution in [0, 0.1) is 0 Å². The van der Waals surface area contributed by atoms with Crippen LogP contribution in [0.15, 0.2) is 30.3 Å². The quantitative estimate of drug-likeness (QED) is 0.297. The van der Waals surface area contributed by atoms with Crippen LogP contribution >= 0.6 is 0 Å². The van der Waals surface area contributed by atoms with Crippen molar-refractivity contribution in [3.63, 3.8) is 0 Å². The van der Waals surface area contributed by atoms with Gasteiger partial charge in [-0.2, -0.15) is 0 Å². The van der Waals surface area contributed by atoms with Crippen molar-refractivity contribution in [2.75, 3.05) is 20.3 Å². The van der Waals surface area contributed by atoms with Crippen LogP contribution in [-0.4, -0.2) is 99.5 Å². The van der Waals surface area contributed by atoms with Gasteiger partial charge in [0.2, 0.25) is 0 Å². The van der Waals surface area contributed by atoms with Gasteiger partial charge in [-0.05, 0) is 0 Å². The van der Waals surface area contributed by atoms with Crippen LogP contribution in [0.4, 0.5) is 0 Å². The molecule has 4 rings (SSSR count). The Labute approximate surface area is 242 Å². The Morgan fingerprint density at radius 2 is 1.48 bits per heavy atom. The first-order chi connectivity index (χ1) is 20.0. The molecule has 42 heavy (non-hydrogen) atoms. The van der Waals surface area contributed by atoms with E-state index in [0.29, 0.717) is 0 Å². The van der Waals surface area contributed by atoms with Crippen LogP contribution < -0.4 is 0 Å². The molecule has 0 saturated carbocycles. The van der Waals surface area contributed by atoms with Gasteiger partial charge < -0.3 is 47.4 Å². The van der Waals surface area contributed by atoms with Crippen LogP contribution in [0.25, 0.3) is 0 Å². The smallest absolute Gasteiger partial charge is 0.303 e. The van der Waals surface area contributed by atoms with Gasteiger partial charge in [0.1, 0.15) is 31.0 Å². The number of fused-ring (bicyclic) bond motifs is 1. The molecule has 1 aromatic rings. The Balaban J connectivity index is 1.60. The molecule has 0 aliphatic carbocycles. The largest absolute Gasteiger partial charge is 0.463 e. The van der Waals surface area contributed by atoms with Gasteiger partial charge in [0, 0.05) is 46.8 Å². The first-order valence-corrected chi connectivity index (χ1v) is 13.5. The van der Waals surface area contributed by atoms with Crippen LogP contribution in [-0.2, 0) is 66.5 Å². The Hall–Kier alpha value is -3.14. The monoisotopic (exact) mass is 596 g/mol. The van der Waals surface area contributed by atoms with Gasteiger partial charge in [-0.25, -0.2) is 0 Å². The second kappa shape index (κ2) is 14.4. The van der Waals surface area contributed by atoms with Crippen molar-refractivity contribution >= 4 is 23.9 Å². The lowest BCUT2D eigenvalue weighted by Gasteiger charge is -2.49. The third kappa shape index (κ3) is 8.02. The van der Waals surface area contributed by atoms with Gasteiger partial charge in [0.05, 0.1) is 6.61 Å². The summed E-state index contributed by atoms with van der Waals surface area (Å²) in [5.74, 6) is -2.49. The van der Waals surface area contributed by atoms with Crippen molar-refractivity contribution in [2.45, 2.75) is 95.7 Å². The second-order valence-corrected chi connectivity index (χ2v) is 9.99. The molecule has 0 bridgehead atoms. The molecule has 0 radical (unpaired) electrons. The summed E-state index contributed by atoms with van der Waals surface area (Å²) in [6.45, 7) is 4.66. The molecule has 14 nitrogen and oxygen atoms in total. The summed E-state index contributed by atoms with van der Waals surface area (Å²) in [5.41, 5.74) is 0.758. The third-order valence-corrected chi connectivity index (χ3v) is 6.75. The summed E-state index contributed by atoms with van der Waals surface area (Å²) in [4.78, 5) is 47.6. The van der Waals surface area contributed by atoms with Crippen molar-refractivity contribution < 1.29 is 66.5 Å². The van der Waals surface area contributed by atoms with Crippen molar-refractivity contribution in [1.29, 1.82) is 0 Å². The first kappa shape index (κ1) is 31.8. The van der Waals surface area contributed by atoms with Crippen LogP contribution in [0.1, 0.15) is 46.0 Å². The number of carbonyl (C=O) groups is 4. The van der Waals surface area contributed by atoms with E-state index in [1.807, 2.05) is 30.3 Å². The SMILES string of the molecule is CO[C@H]1O[C@@H]2COC(c3ccccc3)O[C@H]2[C@H](OC(C)=O)[C@H]1O[C@@H]1C[C@@H](OC(C)=O)[C@H](OC(C)=O)[C@@H](COC(C)=O)O1. The van der Waals surface area contributed by atoms with E-state index in [4.69, 9.17) is 47.4 Å². The van der Waals surface area contributed by atoms with E-state index in [2.05, 4.69) is 0 Å². The predicted molar refractivity (Wildman–Crippen MR) is 137 cm³/mol. The molecular formula is C28H36O14. The Kier molecular flexibility index (Phi) is 10.9. The zero-order chi connectivity index (χ0) is 30.4. The molecule has 1 unspecified atom stereocenters. The summed E-state index contributed by atoms with van der Waals surface area (Å²) in [6.07, 6.45) is -9.79. The van der Waals surface area contributed by atoms with E-state index in [9.17, 15) is 19.2 Å². The number of hydrogen-bond donors (Lipinski definition) is 0. The first-order valence-electron chi connectivity index (χ1n) is 13.5. The molecule has 3 aliphatic rings. The number of ether oxygens (including phenoxy) is 10. The van der Waals surface area contributed by atoms with Crippen molar-refractivity contribution in [3.05, 3.63) is 35.9 Å². The normalized spacial score (nSPS) is 34.4. The summed E-state index contributed by atoms with van der Waals surface area (Å²) < 4.78 is 57.8. The van der Waals surface area contributed by atoms with Crippen molar-refractivity contribution in [2.24, 2.45) is 0 Å². The molecule has 0 aromatic heterocycles. The maximum atomic E-state index is 12.3. The standard InChI is InChI=1S/C28H36O14/c1-14(29)34-12-20-23(37-16(3)31)19(36-15(2)30)11-22(39-20)41-26-25(38-17(4)32)24-21(40-28(26)33-5)13-35-27(42-24)18-9-7-6-8-10-18/h6-10,19-28H,11-13H2,1-5H3/t19-,20-,21-,22-,23+,24-,25+,26-,27?,28+/m1/s1. The third-order valence-electron chi connectivity index (χ3n) is 6.75. The molecule has 0 spiro atoms. The zero-order valence-corrected chi connectivity index (χ0v) is 24.0. The molecule has 3 saturated heterocycles. The van der Waals surface area contributed by atoms with E-state index >= 15 is 0 Å². The highest BCUT2D eigenvalue weighted by atomic mass is 16.8. The molecule has 0 amide bonds. The highest BCUT2D eigenvalue weighted by molar-refractivity contribution is 5.68. The van der Waals surface area contributed by atoms with Crippen molar-refractivity contribution in [3.8, 4) is 0 Å². The van der Waals surface area contributed by atoms with Gasteiger partial charge >= 0.3 is 23.9 Å². The highest BCUT2D eigenvalue weighted by Gasteiger charge is 2.54. The van der Waals surface area contributed by atoms with E-state index in [1.54, 1.807) is 0 Å². The minimum Gasteiger partial charge on any atom is -0.463 e. The average molecular weight is 597 g/mol. The number of esters is 4. The van der Waals surface area contributed by atoms with Gasteiger partial charge in [-0.3, -0.25) is 19.2 Å². The van der Waals surface area contributed by atoms with Crippen LogP contribution in [0.2, 0.25) is 0 Å². The number of carbonyl (C=O) groups excluding carboxylic acids is 4. The minimum absolute atomic E-state index is 0.0848. The molecular weight excluding hydrogens is 560 g/mol. The summed E-state index contributed by atoms with van der Waals surface area (Å²) in [6, 6.07) is 9.24. The lowest BCUT2D eigenvalue weighted by atomic mass is 9.96. The van der Waals surface area contributed by atoms with Gasteiger partial charge in [-0.15, -0.1) is 0 Å². The number of rotatable bonds is 9. The zero-order valence-electron chi connectivity index (χ0n) is 24.0. The topological polar surface area (TPSA) is 161 Å². The molecule has 3 heterocycles. The average Bonchev–Trinajstić information content (AvgIpc) is 2.93. The lowest BCUT2D eigenvalue weighted by Crippen LogP contribution is -2.65. The number of hydrogen-bond acceptors (Lipinski definition) is 14. The highest BCUT2D eigenvalue weighted by Crippen LogP contribution is 2.38. The van der Waals surface area contributed by atoms with E-state index in [1.165, 1.54) is 34.8 Å². The van der Waals surface area contributed by atoms with Crippen LogP contribution in [0.3, 0.4) is 0 Å². The molecule has 10 atom stereocenters. The fourth-order valence-electron chi connectivity index (χ4n) is 5.15. The fourth-order valence-corrected chi connectivity index (χ4v) is 5.15. The Bertz CT molecular complexity index is 1100. The molecule has 14 heteroatoms. The fraction of sp³-hybridized carbons (Fsp3) is 0.643. The maximum absolute atomic E-state index is 12.3. The van der Waals surface area contributed by atoms with E-state index in [-0.39, 0.29) is 19.6 Å². The number of methoxy groups -OCH3 is 1.